The summed E-state index contributed by atoms with van der Waals surface area (Å²) in [7, 11) is -2.56. The number of carboxylic acid groups (broad SMARTS) is 1. The molecule has 11 aliphatic rings. The first kappa shape index (κ1) is 97.0. The third-order valence-electron chi connectivity index (χ3n) is 26.6. The molecule has 123 heavy (non-hydrogen) atoms. The van der Waals surface area contributed by atoms with Crippen LogP contribution in [0.3, 0.4) is 0 Å². The average Bonchev–Trinajstić information content (AvgIpc) is 0.766. The molecule has 690 valence electrons. The molecule has 7 amide bonds. The highest BCUT2D eigenvalue weighted by atomic mass is 35.5. The number of hydrogen-bond acceptors (Lipinski definition) is 28. The van der Waals surface area contributed by atoms with Gasteiger partial charge in [0.15, 0.2) is 17.8 Å². The summed E-state index contributed by atoms with van der Waals surface area (Å²) in [6.07, 6.45) is -18.3. The van der Waals surface area contributed by atoms with E-state index in [0.717, 1.165) is 32.1 Å². The zero-order valence-corrected chi connectivity index (χ0v) is 72.6. The van der Waals surface area contributed by atoms with E-state index in [4.69, 9.17) is 63.1 Å². The minimum absolute atomic E-state index is 0.0243. The predicted octanol–water partition coefficient (Wildman–Crippen LogP) is -1.32. The quantitative estimate of drug-likeness (QED) is 0.0364. The molecule has 23 N–H and O–H groups in total. The van der Waals surface area contributed by atoms with E-state index >= 15 is 24.0 Å². The van der Waals surface area contributed by atoms with Gasteiger partial charge in [-0.25, -0.2) is 17.9 Å². The summed E-state index contributed by atoms with van der Waals surface area (Å²) in [5.74, 6) is -19.8. The summed E-state index contributed by atoms with van der Waals surface area (Å²) < 4.78 is 69.3. The lowest BCUT2D eigenvalue weighted by Gasteiger charge is -2.51. The third-order valence-corrected chi connectivity index (χ3v) is 29.0. The summed E-state index contributed by atoms with van der Waals surface area (Å²) in [6, 6.07) is -4.64. The molecule has 0 aromatic heterocycles. The molecule has 2 aromatic rings. The molecule has 11 bridgehead atoms. The number of aliphatic hydroxyl groups excluding tert-OH is 9. The molecule has 5 saturated carbocycles. The number of likely N-dealkylation sites (N-methyl/N-ethyl adjacent to an activating group) is 1. The summed E-state index contributed by atoms with van der Waals surface area (Å²) in [6.45, 7) is 8.25. The van der Waals surface area contributed by atoms with Crippen molar-refractivity contribution in [1.82, 2.24) is 47.3 Å². The number of aliphatic carboxylic acids is 1. The number of nitrogens with two attached hydrogens (primary N) is 2. The van der Waals surface area contributed by atoms with Gasteiger partial charge in [-0.1, -0.05) is 46.5 Å². The van der Waals surface area contributed by atoms with Crippen molar-refractivity contribution < 1.29 is 126 Å². The van der Waals surface area contributed by atoms with Crippen molar-refractivity contribution in [3.05, 3.63) is 42.0 Å². The van der Waals surface area contributed by atoms with Crippen molar-refractivity contribution in [2.45, 2.75) is 306 Å². The second-order valence-electron chi connectivity index (χ2n) is 35.9. The normalized spacial score (nSPS) is 38.0. The predicted molar refractivity (Wildman–Crippen MR) is 442 cm³/mol. The first-order valence-corrected chi connectivity index (χ1v) is 45.7. The topological polar surface area (TPSA) is 589 Å². The molecule has 0 radical (unpaired) electrons. The maximum Gasteiger partial charge on any atom is 0.326 e. The molecule has 6 heterocycles. The van der Waals surface area contributed by atoms with Gasteiger partial charge in [-0.15, -0.1) is 23.2 Å². The Balaban J connectivity index is 1.01. The van der Waals surface area contributed by atoms with Crippen LogP contribution in [0, 0.1) is 53.3 Å². The van der Waals surface area contributed by atoms with Crippen molar-refractivity contribution in [3.8, 4) is 23.0 Å². The Morgan fingerprint density at radius 3 is 1.95 bits per heavy atom. The first-order chi connectivity index (χ1) is 58.3. The molecule has 0 spiro atoms. The number of carbonyl (C=O) groups excluding carboxylic acids is 7. The second kappa shape index (κ2) is 42.5. The number of nitrogens with one attached hydrogen (secondary N) is 9. The summed E-state index contributed by atoms with van der Waals surface area (Å²) in [5.41, 5.74) is 10.9. The fourth-order valence-corrected chi connectivity index (χ4v) is 21.5. The van der Waals surface area contributed by atoms with Crippen molar-refractivity contribution in [3.63, 3.8) is 0 Å². The van der Waals surface area contributed by atoms with Gasteiger partial charge in [0.2, 0.25) is 57.1 Å². The van der Waals surface area contributed by atoms with Crippen molar-refractivity contribution in [2.24, 2.45) is 64.7 Å². The molecule has 2 aromatic carbocycles. The lowest BCUT2D eigenvalue weighted by Crippen LogP contribution is -2.66. The monoisotopic (exact) mass is 1800 g/mol. The summed E-state index contributed by atoms with van der Waals surface area (Å²) in [5, 5.41) is 140. The first-order valence-electron chi connectivity index (χ1n) is 43.4. The molecule has 40 heteroatoms. The highest BCUT2D eigenvalue weighted by Crippen LogP contribution is 2.51. The summed E-state index contributed by atoms with van der Waals surface area (Å²) in [4.78, 5) is 120. The Bertz CT molecular complexity index is 4090. The minimum Gasteiger partial charge on any atom is -0.494 e. The molecule has 6 aliphatic heterocycles. The van der Waals surface area contributed by atoms with Gasteiger partial charge in [-0.05, 0) is 188 Å². The van der Waals surface area contributed by atoms with Gasteiger partial charge in [-0.3, -0.25) is 33.6 Å². The Morgan fingerprint density at radius 2 is 1.34 bits per heavy atom. The van der Waals surface area contributed by atoms with Crippen molar-refractivity contribution in [2.75, 3.05) is 39.9 Å². The van der Waals surface area contributed by atoms with Crippen LogP contribution in [0.15, 0.2) is 41.3 Å². The van der Waals surface area contributed by atoms with Crippen LogP contribution >= 0.6 is 23.2 Å². The number of unbranched alkanes of at least 4 members (excludes halogenated alkanes) is 4. The zero-order valence-electron chi connectivity index (χ0n) is 70.2. The largest absolute Gasteiger partial charge is 0.494 e. The van der Waals surface area contributed by atoms with Gasteiger partial charge in [0.25, 0.3) is 0 Å². The number of primary amides is 1. The van der Waals surface area contributed by atoms with Crippen LogP contribution < -0.4 is 77.7 Å². The number of benzene rings is 2. The van der Waals surface area contributed by atoms with E-state index in [1.54, 1.807) is 26.0 Å². The van der Waals surface area contributed by atoms with E-state index in [1.165, 1.54) is 31.3 Å². The molecular weight excluding hydrogens is 1670 g/mol. The lowest BCUT2D eigenvalue weighted by molar-refractivity contribution is -0.286. The Morgan fingerprint density at radius 1 is 0.707 bits per heavy atom. The number of fused-ring (bicyclic) bond motifs is 15. The third kappa shape index (κ3) is 23.3. The number of rotatable bonds is 27. The van der Waals surface area contributed by atoms with Gasteiger partial charge in [0.1, 0.15) is 72.5 Å². The molecule has 37 nitrogen and oxygen atoms in total. The maximum atomic E-state index is 16.5. The Labute approximate surface area is 725 Å². The van der Waals surface area contributed by atoms with Gasteiger partial charge >= 0.3 is 5.97 Å². The standard InChI is InChI=1S/C83H127Cl2N11O26S/c1-7-8-9-10-11-24-117-44-15-17-45(18-16-44)123(115,116)90-23-22-89-35-48-54(99)32-47-62(71(48)104)46-26-39(12-19-53(46)98)63-78(109)96-67(81(112)94-65(47)82(113)114)69(102)41-14-21-56(50(85)28-41)120-58-30-42-29-57(73(58)121-59-31-43(36-97)70(103)72(105)74(59)122-61-34-83(5,87)75(106)38(4)118-61)119-55-20-13-40(27-49(55)84)68(101)66(95-76(107)51(88-6)25-37(2)3)80(111)91-52(33-60(86)100)77(108)92-64(42)79(110)93-63/h15-18,29-30,37-41,43,46-56,59,61-72,74-75,88-90,97-99,101-106H,7-14,19-28,31-36,87H2,1-6H3,(H2,86,100)(H,91,111)(H,92,108)(H,93,110)(H,94,112)(H,95,107)(H,96,109)(H,113,114)/t38-,39-,40-,41-,43+,46?,47?,48?,49+,50-,51+,52-,53+,54-,55+,56+,59+,61-,62?,63+,64+,65-,66+,67-,68+,69+,70+,71-,72-,74-,75+,83-/m0/s1. The van der Waals surface area contributed by atoms with Crippen LogP contribution in [0.1, 0.15) is 168 Å². The Kier molecular flexibility index (Phi) is 33.5. The van der Waals surface area contributed by atoms with E-state index < -0.39 is 268 Å². The molecule has 7 fully saturated rings. The van der Waals surface area contributed by atoms with E-state index in [-0.39, 0.29) is 130 Å². The van der Waals surface area contributed by atoms with E-state index in [0.29, 0.717) is 12.4 Å². The molecule has 5 aliphatic carbocycles. The highest BCUT2D eigenvalue weighted by molar-refractivity contribution is 7.89. The molecular formula is C83H127Cl2N11O26S. The number of alkyl halides is 2. The number of hydrogen-bond donors (Lipinski definition) is 21. The average molecular weight is 1800 g/mol. The minimum atomic E-state index is -4.08. The number of amides is 7. The lowest BCUT2D eigenvalue weighted by atomic mass is 9.58. The fraction of sp³-hybridized carbons (Fsp3) is 0.759. The van der Waals surface area contributed by atoms with Crippen LogP contribution in [0.4, 0.5) is 0 Å². The van der Waals surface area contributed by atoms with Gasteiger partial charge in [0.05, 0.1) is 83.6 Å². The molecule has 32 atom stereocenters. The number of carbonyl (C=O) groups is 8. The number of ether oxygens (including phenoxy) is 6. The van der Waals surface area contributed by atoms with Crippen LogP contribution in [0.5, 0.6) is 23.0 Å². The van der Waals surface area contributed by atoms with Crippen LogP contribution in [0.2, 0.25) is 0 Å². The number of carboxylic acids is 1. The maximum absolute atomic E-state index is 16.5. The Hall–Kier alpha value is -6.67. The smallest absolute Gasteiger partial charge is 0.326 e. The van der Waals surface area contributed by atoms with Crippen molar-refractivity contribution in [1.29, 1.82) is 0 Å². The van der Waals surface area contributed by atoms with Crippen LogP contribution in [-0.2, 0) is 57.9 Å². The van der Waals surface area contributed by atoms with E-state index in [1.807, 2.05) is 13.8 Å². The SMILES string of the molecule is CCCCCCCOc1ccc(S(=O)(=O)NCCNCC2[C@H](O)C3C4C[C@H](CC[C@H]4O)[C@H]4NC(=O)[C@@H]5NC(=O)[C@H](CC(N)=O)NC(=O)[C@H](NC(=O)[C@@H](CC(C)C)NC)[C@H](O)[C@H]6CC[C@@H](Oc7cc5cc(c7O[C@@H]5C[C@H](CO)[C@@H](O)[C@H](O)[C@H]5O[C@H]5C[C@](C)(N)[C@H](O)[C@H](C)O5)O[C@@H]5CC[C@@H](C[C@@H]5Cl)[C@@H](O)[C@H](NC4=O)C(=O)N[C@H](C(=O)O)C3C[C@@H]2O)[C@H](Cl)C6)cc1. The van der Waals surface area contributed by atoms with Crippen molar-refractivity contribution >= 4 is 80.5 Å². The van der Waals surface area contributed by atoms with Gasteiger partial charge in [-0.2, -0.15) is 0 Å². The number of halogens is 2. The molecule has 13 rings (SSSR count). The summed E-state index contributed by atoms with van der Waals surface area (Å²) >= 11 is 14.9. The molecule has 4 unspecified atom stereocenters. The zero-order chi connectivity index (χ0) is 89.4. The van der Waals surface area contributed by atoms with Crippen LogP contribution in [0.25, 0.3) is 0 Å². The van der Waals surface area contributed by atoms with Crippen LogP contribution in [-0.4, -0.2) is 285 Å². The van der Waals surface area contributed by atoms with Gasteiger partial charge < -0.3 is 133 Å². The number of aliphatic hydroxyl groups is 9. The highest BCUT2D eigenvalue weighted by Gasteiger charge is 2.57. The molecule has 2 saturated heterocycles. The van der Waals surface area contributed by atoms with E-state index in [9.17, 15) is 73.9 Å². The number of sulfonamides is 1. The fourth-order valence-electron chi connectivity index (χ4n) is 19.7. The van der Waals surface area contributed by atoms with E-state index in [2.05, 4.69) is 54.2 Å². The second-order valence-corrected chi connectivity index (χ2v) is 38.8. The van der Waals surface area contributed by atoms with Gasteiger partial charge in [0, 0.05) is 50.0 Å².